The van der Waals surface area contributed by atoms with Crippen molar-refractivity contribution in [2.45, 2.75) is 12.3 Å². The fourth-order valence-electron chi connectivity index (χ4n) is 3.89. The van der Waals surface area contributed by atoms with E-state index in [2.05, 4.69) is 50.6 Å². The van der Waals surface area contributed by atoms with Crippen molar-refractivity contribution in [2.24, 2.45) is 0 Å². The molecule has 3 heterocycles. The minimum Gasteiger partial charge on any atom is -0.355 e. The molecule has 134 valence electrons. The predicted octanol–water partition coefficient (Wildman–Crippen LogP) is 5.49. The van der Waals surface area contributed by atoms with E-state index in [1.54, 1.807) is 17.7 Å². The summed E-state index contributed by atoms with van der Waals surface area (Å²) in [4.78, 5) is 12.4. The van der Waals surface area contributed by atoms with Crippen molar-refractivity contribution in [1.82, 2.24) is 9.97 Å². The van der Waals surface area contributed by atoms with Crippen LogP contribution in [0.25, 0.3) is 21.3 Å². The molecule has 0 aliphatic carbocycles. The summed E-state index contributed by atoms with van der Waals surface area (Å²) in [6.45, 7) is 1.93. The van der Waals surface area contributed by atoms with Gasteiger partial charge in [0.2, 0.25) is 0 Å². The van der Waals surface area contributed by atoms with Crippen LogP contribution in [0.4, 0.5) is 10.2 Å². The lowest BCUT2D eigenvalue weighted by Crippen LogP contribution is -2.20. The largest absolute Gasteiger partial charge is 0.355 e. The quantitative estimate of drug-likeness (QED) is 0.474. The Labute approximate surface area is 161 Å². The number of hydrogen-bond acceptors (Lipinski definition) is 4. The Morgan fingerprint density at radius 1 is 1.00 bits per heavy atom. The van der Waals surface area contributed by atoms with E-state index in [1.165, 1.54) is 17.7 Å². The van der Waals surface area contributed by atoms with E-state index in [1.807, 2.05) is 12.1 Å². The smallest absolute Gasteiger partial charge is 0.141 e. The number of benzene rings is 2. The molecule has 0 bridgehead atoms. The Balaban J connectivity index is 1.54. The van der Waals surface area contributed by atoms with Gasteiger partial charge in [-0.05, 0) is 29.7 Å². The molecule has 1 aliphatic heterocycles. The van der Waals surface area contributed by atoms with E-state index in [4.69, 9.17) is 0 Å². The third-order valence-corrected chi connectivity index (χ3v) is 6.15. The molecule has 1 unspecified atom stereocenters. The summed E-state index contributed by atoms with van der Waals surface area (Å²) < 4.78 is 13.3. The molecule has 5 heteroatoms. The number of fused-ring (bicyclic) bond motifs is 1. The number of hydrogen-bond donors (Lipinski definition) is 0. The van der Waals surface area contributed by atoms with Crippen LogP contribution in [-0.2, 0) is 0 Å². The van der Waals surface area contributed by atoms with Gasteiger partial charge in [-0.25, -0.2) is 14.4 Å². The van der Waals surface area contributed by atoms with E-state index in [-0.39, 0.29) is 5.82 Å². The minimum absolute atomic E-state index is 0.222. The summed E-state index contributed by atoms with van der Waals surface area (Å²) in [6, 6.07) is 17.3. The van der Waals surface area contributed by atoms with Crippen molar-refractivity contribution in [3.63, 3.8) is 0 Å². The fourth-order valence-corrected chi connectivity index (χ4v) is 4.80. The van der Waals surface area contributed by atoms with E-state index in [0.717, 1.165) is 46.7 Å². The maximum absolute atomic E-state index is 13.3. The average Bonchev–Trinajstić information content (AvgIpc) is 3.37. The minimum atomic E-state index is -0.222. The highest BCUT2D eigenvalue weighted by Crippen LogP contribution is 2.40. The first-order valence-electron chi connectivity index (χ1n) is 9.07. The molecule has 2 aromatic carbocycles. The number of nitrogens with zero attached hydrogens (tertiary/aromatic N) is 3. The van der Waals surface area contributed by atoms with Crippen LogP contribution in [0, 0.1) is 5.82 Å². The summed E-state index contributed by atoms with van der Waals surface area (Å²) in [6.07, 6.45) is 2.77. The van der Waals surface area contributed by atoms with Crippen molar-refractivity contribution >= 4 is 27.4 Å². The summed E-state index contributed by atoms with van der Waals surface area (Å²) in [5, 5.41) is 3.17. The van der Waals surface area contributed by atoms with Crippen LogP contribution < -0.4 is 4.90 Å². The lowest BCUT2D eigenvalue weighted by Gasteiger charge is -2.19. The van der Waals surface area contributed by atoms with Crippen molar-refractivity contribution in [1.29, 1.82) is 0 Å². The number of thiophene rings is 1. The van der Waals surface area contributed by atoms with Gasteiger partial charge in [-0.1, -0.05) is 42.5 Å². The number of anilines is 1. The fraction of sp³-hybridized carbons (Fsp3) is 0.182. The maximum atomic E-state index is 13.3. The van der Waals surface area contributed by atoms with Crippen LogP contribution in [0.3, 0.4) is 0 Å². The average molecular weight is 375 g/mol. The van der Waals surface area contributed by atoms with Crippen LogP contribution in [0.15, 0.2) is 66.3 Å². The second kappa shape index (κ2) is 6.74. The molecule has 5 rings (SSSR count). The van der Waals surface area contributed by atoms with Gasteiger partial charge >= 0.3 is 0 Å². The Hall–Kier alpha value is -2.79. The number of halogens is 1. The Bertz CT molecular complexity index is 1080. The molecule has 4 aromatic rings. The topological polar surface area (TPSA) is 29.0 Å². The van der Waals surface area contributed by atoms with Gasteiger partial charge in [-0.3, -0.25) is 0 Å². The van der Waals surface area contributed by atoms with Crippen LogP contribution in [-0.4, -0.2) is 23.1 Å². The zero-order valence-electron chi connectivity index (χ0n) is 14.7. The number of aromatic nitrogens is 2. The molecule has 1 fully saturated rings. The van der Waals surface area contributed by atoms with Gasteiger partial charge in [0.15, 0.2) is 0 Å². The van der Waals surface area contributed by atoms with Gasteiger partial charge in [-0.2, -0.15) is 0 Å². The third-order valence-electron chi connectivity index (χ3n) is 5.26. The standard InChI is InChI=1S/C22H18FN3S/c23-18-8-6-16(7-9-18)19-13-27-22-20(19)21(24-14-25-22)26-11-10-17(12-26)15-4-2-1-3-5-15/h1-9,13-14,17H,10-12H2. The van der Waals surface area contributed by atoms with Gasteiger partial charge in [-0.15, -0.1) is 11.3 Å². The molecule has 0 amide bonds. The molecule has 0 spiro atoms. The molecule has 0 saturated carbocycles. The van der Waals surface area contributed by atoms with E-state index < -0.39 is 0 Å². The van der Waals surface area contributed by atoms with Gasteiger partial charge in [0.1, 0.15) is 22.8 Å². The zero-order valence-corrected chi connectivity index (χ0v) is 15.5. The lowest BCUT2D eigenvalue weighted by atomic mass is 9.99. The molecule has 27 heavy (non-hydrogen) atoms. The first-order valence-corrected chi connectivity index (χ1v) is 9.95. The van der Waals surface area contributed by atoms with E-state index >= 15 is 0 Å². The monoisotopic (exact) mass is 375 g/mol. The molecule has 2 aromatic heterocycles. The van der Waals surface area contributed by atoms with Gasteiger partial charge in [0.25, 0.3) is 0 Å². The summed E-state index contributed by atoms with van der Waals surface area (Å²) >= 11 is 1.61. The van der Waals surface area contributed by atoms with Crippen molar-refractivity contribution in [3.05, 3.63) is 77.7 Å². The first kappa shape index (κ1) is 16.4. The van der Waals surface area contributed by atoms with Gasteiger partial charge in [0.05, 0.1) is 5.39 Å². The molecular formula is C22H18FN3S. The second-order valence-corrected chi connectivity index (χ2v) is 7.73. The Morgan fingerprint density at radius 3 is 2.63 bits per heavy atom. The zero-order chi connectivity index (χ0) is 18.2. The molecule has 1 aliphatic rings. The highest BCUT2D eigenvalue weighted by atomic mass is 32.1. The van der Waals surface area contributed by atoms with Crippen LogP contribution in [0.2, 0.25) is 0 Å². The Kier molecular flexibility index (Phi) is 4.09. The predicted molar refractivity (Wildman–Crippen MR) is 109 cm³/mol. The molecule has 3 nitrogen and oxygen atoms in total. The SMILES string of the molecule is Fc1ccc(-c2csc3ncnc(N4CCC(c5ccccc5)C4)c23)cc1. The van der Waals surface area contributed by atoms with E-state index in [0.29, 0.717) is 5.92 Å². The van der Waals surface area contributed by atoms with Crippen molar-refractivity contribution < 1.29 is 4.39 Å². The maximum Gasteiger partial charge on any atom is 0.141 e. The molecule has 1 saturated heterocycles. The van der Waals surface area contributed by atoms with Crippen LogP contribution in [0.5, 0.6) is 0 Å². The number of rotatable bonds is 3. The Morgan fingerprint density at radius 2 is 1.81 bits per heavy atom. The summed E-state index contributed by atoms with van der Waals surface area (Å²) in [5.41, 5.74) is 3.46. The normalized spacial score (nSPS) is 16.9. The van der Waals surface area contributed by atoms with Crippen molar-refractivity contribution in [2.75, 3.05) is 18.0 Å². The van der Waals surface area contributed by atoms with Gasteiger partial charge in [0, 0.05) is 30.0 Å². The summed E-state index contributed by atoms with van der Waals surface area (Å²) in [7, 11) is 0. The van der Waals surface area contributed by atoms with Crippen molar-refractivity contribution in [3.8, 4) is 11.1 Å². The molecule has 1 atom stereocenters. The van der Waals surface area contributed by atoms with Gasteiger partial charge < -0.3 is 4.90 Å². The van der Waals surface area contributed by atoms with Crippen LogP contribution >= 0.6 is 11.3 Å². The highest BCUT2D eigenvalue weighted by molar-refractivity contribution is 7.17. The lowest BCUT2D eigenvalue weighted by molar-refractivity contribution is 0.628. The molecular weight excluding hydrogens is 357 g/mol. The molecule has 0 N–H and O–H groups in total. The highest BCUT2D eigenvalue weighted by Gasteiger charge is 2.27. The van der Waals surface area contributed by atoms with Crippen LogP contribution in [0.1, 0.15) is 17.9 Å². The first-order chi connectivity index (χ1) is 13.3. The second-order valence-electron chi connectivity index (χ2n) is 6.88. The molecule has 0 radical (unpaired) electrons. The summed E-state index contributed by atoms with van der Waals surface area (Å²) in [5.74, 6) is 1.28. The third kappa shape index (κ3) is 2.98. The van der Waals surface area contributed by atoms with E-state index in [9.17, 15) is 4.39 Å².